The third-order valence-corrected chi connectivity index (χ3v) is 3.47. The number of hydrogen-bond acceptors (Lipinski definition) is 2. The Morgan fingerprint density at radius 3 is 2.37 bits per heavy atom. The fourth-order valence-electron chi connectivity index (χ4n) is 2.08. The number of carboxylic acid groups (broad SMARTS) is 1. The highest BCUT2D eigenvalue weighted by Crippen LogP contribution is 2.30. The van der Waals surface area contributed by atoms with Crippen LogP contribution < -0.4 is 5.32 Å². The maximum absolute atomic E-state index is 11.7. The maximum Gasteiger partial charge on any atom is 0.335 e. The first-order valence-electron chi connectivity index (χ1n) is 6.32. The van der Waals surface area contributed by atoms with Crippen molar-refractivity contribution >= 4 is 18.0 Å². The van der Waals surface area contributed by atoms with Gasteiger partial charge in [0.05, 0.1) is 5.56 Å². The van der Waals surface area contributed by atoms with Crippen LogP contribution in [-0.2, 0) is 4.79 Å². The highest BCUT2D eigenvalue weighted by molar-refractivity contribution is 5.92. The number of carbonyl (C=O) groups excluding carboxylic acids is 1. The van der Waals surface area contributed by atoms with Crippen LogP contribution >= 0.6 is 0 Å². The average Bonchev–Trinajstić information content (AvgIpc) is 2.35. The van der Waals surface area contributed by atoms with Crippen LogP contribution in [0, 0.1) is 0 Å². The summed E-state index contributed by atoms with van der Waals surface area (Å²) >= 11 is 0. The SMILES string of the molecule is CC1(NC(=O)C=Cc2ccc(C(=O)O)cc2)CCC1. The van der Waals surface area contributed by atoms with Gasteiger partial charge in [-0.2, -0.15) is 0 Å². The zero-order valence-corrected chi connectivity index (χ0v) is 10.8. The zero-order chi connectivity index (χ0) is 13.9. The molecule has 1 aromatic carbocycles. The summed E-state index contributed by atoms with van der Waals surface area (Å²) in [6.45, 7) is 2.05. The van der Waals surface area contributed by atoms with Crippen molar-refractivity contribution in [1.82, 2.24) is 5.32 Å². The lowest BCUT2D eigenvalue weighted by atomic mass is 9.78. The van der Waals surface area contributed by atoms with Gasteiger partial charge in [0.2, 0.25) is 5.91 Å². The van der Waals surface area contributed by atoms with Crippen LogP contribution in [0.3, 0.4) is 0 Å². The maximum atomic E-state index is 11.7. The summed E-state index contributed by atoms with van der Waals surface area (Å²) in [5.74, 6) is -1.06. The monoisotopic (exact) mass is 259 g/mol. The predicted octanol–water partition coefficient (Wildman–Crippen LogP) is 2.46. The molecule has 1 saturated carbocycles. The average molecular weight is 259 g/mol. The van der Waals surface area contributed by atoms with Gasteiger partial charge in [-0.25, -0.2) is 4.79 Å². The van der Waals surface area contributed by atoms with E-state index in [0.717, 1.165) is 24.8 Å². The van der Waals surface area contributed by atoms with E-state index < -0.39 is 5.97 Å². The highest BCUT2D eigenvalue weighted by atomic mass is 16.4. The standard InChI is InChI=1S/C15H17NO3/c1-15(9-2-10-15)16-13(17)8-5-11-3-6-12(7-4-11)14(18)19/h3-8H,2,9-10H2,1H3,(H,16,17)(H,18,19). The van der Waals surface area contributed by atoms with E-state index in [1.165, 1.54) is 18.2 Å². The number of carboxylic acids is 1. The summed E-state index contributed by atoms with van der Waals surface area (Å²) in [6.07, 6.45) is 6.39. The fraction of sp³-hybridized carbons (Fsp3) is 0.333. The zero-order valence-electron chi connectivity index (χ0n) is 10.8. The van der Waals surface area contributed by atoms with Gasteiger partial charge in [-0.3, -0.25) is 4.79 Å². The van der Waals surface area contributed by atoms with E-state index in [1.807, 2.05) is 6.92 Å². The molecule has 0 aromatic heterocycles. The molecule has 19 heavy (non-hydrogen) atoms. The van der Waals surface area contributed by atoms with Gasteiger partial charge >= 0.3 is 5.97 Å². The topological polar surface area (TPSA) is 66.4 Å². The van der Waals surface area contributed by atoms with E-state index in [-0.39, 0.29) is 17.0 Å². The van der Waals surface area contributed by atoms with Gasteiger partial charge in [0.1, 0.15) is 0 Å². The molecule has 1 aromatic rings. The summed E-state index contributed by atoms with van der Waals surface area (Å²) < 4.78 is 0. The molecule has 2 N–H and O–H groups in total. The second-order valence-electron chi connectivity index (χ2n) is 5.16. The Morgan fingerprint density at radius 1 is 1.26 bits per heavy atom. The van der Waals surface area contributed by atoms with Crippen molar-refractivity contribution in [2.75, 3.05) is 0 Å². The molecule has 0 aliphatic heterocycles. The normalized spacial score (nSPS) is 16.9. The van der Waals surface area contributed by atoms with E-state index >= 15 is 0 Å². The van der Waals surface area contributed by atoms with Crippen molar-refractivity contribution in [1.29, 1.82) is 0 Å². The first-order valence-corrected chi connectivity index (χ1v) is 6.32. The van der Waals surface area contributed by atoms with Gasteiger partial charge in [0.15, 0.2) is 0 Å². The number of carbonyl (C=O) groups is 2. The lowest BCUT2D eigenvalue weighted by Crippen LogP contribution is -2.50. The molecule has 4 heteroatoms. The minimum Gasteiger partial charge on any atom is -0.478 e. The van der Waals surface area contributed by atoms with Gasteiger partial charge in [0.25, 0.3) is 0 Å². The summed E-state index contributed by atoms with van der Waals surface area (Å²) in [4.78, 5) is 22.4. The van der Waals surface area contributed by atoms with E-state index in [1.54, 1.807) is 18.2 Å². The van der Waals surface area contributed by atoms with Crippen molar-refractivity contribution in [3.8, 4) is 0 Å². The molecule has 0 bridgehead atoms. The van der Waals surface area contributed by atoms with Crippen LogP contribution in [0.25, 0.3) is 6.08 Å². The second-order valence-corrected chi connectivity index (χ2v) is 5.16. The molecule has 0 saturated heterocycles. The second kappa shape index (κ2) is 5.26. The van der Waals surface area contributed by atoms with Crippen LogP contribution in [0.5, 0.6) is 0 Å². The van der Waals surface area contributed by atoms with Crippen LogP contribution in [0.4, 0.5) is 0 Å². The van der Waals surface area contributed by atoms with E-state index in [4.69, 9.17) is 5.11 Å². The number of aromatic carboxylic acids is 1. The van der Waals surface area contributed by atoms with Crippen molar-refractivity contribution in [2.45, 2.75) is 31.7 Å². The number of amides is 1. The molecule has 1 fully saturated rings. The molecule has 1 aliphatic rings. The Balaban J connectivity index is 1.94. The minimum absolute atomic E-state index is 0.0470. The molecule has 100 valence electrons. The first-order chi connectivity index (χ1) is 8.98. The summed E-state index contributed by atoms with van der Waals surface area (Å²) in [5, 5.41) is 11.7. The van der Waals surface area contributed by atoms with Gasteiger partial charge in [-0.1, -0.05) is 12.1 Å². The number of benzene rings is 1. The van der Waals surface area contributed by atoms with Crippen LogP contribution in [0.1, 0.15) is 42.1 Å². The van der Waals surface area contributed by atoms with E-state index in [2.05, 4.69) is 5.32 Å². The molecule has 2 rings (SSSR count). The molecule has 4 nitrogen and oxygen atoms in total. The Morgan fingerprint density at radius 2 is 1.89 bits per heavy atom. The summed E-state index contributed by atoms with van der Waals surface area (Å²) in [5.41, 5.74) is 0.997. The molecule has 0 unspecified atom stereocenters. The highest BCUT2D eigenvalue weighted by Gasteiger charge is 2.32. The molecule has 0 radical (unpaired) electrons. The Kier molecular flexibility index (Phi) is 3.69. The Labute approximate surface area is 112 Å². The number of hydrogen-bond donors (Lipinski definition) is 2. The molecule has 0 heterocycles. The smallest absolute Gasteiger partial charge is 0.335 e. The van der Waals surface area contributed by atoms with Crippen molar-refractivity contribution < 1.29 is 14.7 Å². The molecule has 1 amide bonds. The van der Waals surface area contributed by atoms with Gasteiger partial charge < -0.3 is 10.4 Å². The quantitative estimate of drug-likeness (QED) is 0.816. The van der Waals surface area contributed by atoms with Crippen molar-refractivity contribution in [3.63, 3.8) is 0 Å². The van der Waals surface area contributed by atoms with Crippen molar-refractivity contribution in [2.24, 2.45) is 0 Å². The Hall–Kier alpha value is -2.10. The van der Waals surface area contributed by atoms with Crippen LogP contribution in [-0.4, -0.2) is 22.5 Å². The summed E-state index contributed by atoms with van der Waals surface area (Å²) in [7, 11) is 0. The molecule has 0 spiro atoms. The molecule has 1 aliphatic carbocycles. The van der Waals surface area contributed by atoms with Crippen LogP contribution in [0.2, 0.25) is 0 Å². The van der Waals surface area contributed by atoms with Crippen LogP contribution in [0.15, 0.2) is 30.3 Å². The summed E-state index contributed by atoms with van der Waals surface area (Å²) in [6, 6.07) is 6.40. The fourth-order valence-corrected chi connectivity index (χ4v) is 2.08. The number of nitrogens with one attached hydrogen (secondary N) is 1. The lowest BCUT2D eigenvalue weighted by molar-refractivity contribution is -0.119. The third kappa shape index (κ3) is 3.44. The first kappa shape index (κ1) is 13.3. The largest absolute Gasteiger partial charge is 0.478 e. The lowest BCUT2D eigenvalue weighted by Gasteiger charge is -2.38. The molecule has 0 atom stereocenters. The Bertz CT molecular complexity index is 513. The number of rotatable bonds is 4. The molecular formula is C15H17NO3. The van der Waals surface area contributed by atoms with Crippen molar-refractivity contribution in [3.05, 3.63) is 41.5 Å². The van der Waals surface area contributed by atoms with Gasteiger partial charge in [0, 0.05) is 11.6 Å². The minimum atomic E-state index is -0.953. The third-order valence-electron chi connectivity index (χ3n) is 3.47. The predicted molar refractivity (Wildman–Crippen MR) is 72.8 cm³/mol. The van der Waals surface area contributed by atoms with E-state index in [0.29, 0.717) is 0 Å². The van der Waals surface area contributed by atoms with Gasteiger partial charge in [-0.05, 0) is 50.0 Å². The molecular weight excluding hydrogens is 242 g/mol. The van der Waals surface area contributed by atoms with Gasteiger partial charge in [-0.15, -0.1) is 0 Å². The van der Waals surface area contributed by atoms with E-state index in [9.17, 15) is 9.59 Å².